The first-order chi connectivity index (χ1) is 7.16. The van der Waals surface area contributed by atoms with Crippen LogP contribution in [0.15, 0.2) is 33.6 Å². The van der Waals surface area contributed by atoms with Crippen LogP contribution in [0.3, 0.4) is 0 Å². The Hall–Kier alpha value is -0.650. The van der Waals surface area contributed by atoms with Gasteiger partial charge in [0, 0.05) is 24.6 Å². The average molecular weight is 316 g/mol. The van der Waals surface area contributed by atoms with Crippen LogP contribution in [0.5, 0.6) is 0 Å². The first kappa shape index (κ1) is 10.9. The van der Waals surface area contributed by atoms with Crippen LogP contribution in [0.25, 0.3) is 0 Å². The number of halogens is 1. The molecule has 2 heterocycles. The van der Waals surface area contributed by atoms with Crippen molar-refractivity contribution in [2.45, 2.75) is 23.7 Å². The highest BCUT2D eigenvalue weighted by Crippen LogP contribution is 2.30. The van der Waals surface area contributed by atoms with Crippen molar-refractivity contribution in [3.63, 3.8) is 0 Å². The van der Waals surface area contributed by atoms with Crippen LogP contribution in [0, 0.1) is 0 Å². The van der Waals surface area contributed by atoms with Crippen molar-refractivity contribution in [1.82, 2.24) is 0 Å². The lowest BCUT2D eigenvalue weighted by Gasteiger charge is -2.06. The molecule has 0 aromatic rings. The molecule has 0 radical (unpaired) electrons. The minimum atomic E-state index is 0.363. The van der Waals surface area contributed by atoms with Gasteiger partial charge in [-0.3, -0.25) is 0 Å². The standard InChI is InChI=1S/C11H13IN2O/c1-7-10-3-4-15-11(10)5-9(12)6-13-8(2)14-7/h6,9H,1,3-5H2,2H3/t9-/m0/s1. The molecule has 0 amide bonds. The zero-order valence-corrected chi connectivity index (χ0v) is 10.8. The van der Waals surface area contributed by atoms with E-state index in [1.807, 2.05) is 13.1 Å². The van der Waals surface area contributed by atoms with Crippen molar-refractivity contribution in [1.29, 1.82) is 0 Å². The summed E-state index contributed by atoms with van der Waals surface area (Å²) in [6.45, 7) is 6.63. The molecule has 3 nitrogen and oxygen atoms in total. The largest absolute Gasteiger partial charge is 0.497 e. The van der Waals surface area contributed by atoms with Gasteiger partial charge in [-0.05, 0) is 6.92 Å². The number of amidine groups is 1. The Morgan fingerprint density at radius 3 is 3.20 bits per heavy atom. The fraction of sp³-hybridized carbons (Fsp3) is 0.455. The van der Waals surface area contributed by atoms with Gasteiger partial charge in [0.2, 0.25) is 0 Å². The lowest BCUT2D eigenvalue weighted by Crippen LogP contribution is -2.03. The maximum atomic E-state index is 5.61. The van der Waals surface area contributed by atoms with Crippen molar-refractivity contribution in [3.8, 4) is 0 Å². The van der Waals surface area contributed by atoms with E-state index in [-0.39, 0.29) is 0 Å². The summed E-state index contributed by atoms with van der Waals surface area (Å²) in [4.78, 5) is 8.63. The molecule has 0 N–H and O–H groups in total. The molecule has 2 aliphatic rings. The molecule has 0 bridgehead atoms. The van der Waals surface area contributed by atoms with Gasteiger partial charge in [0.15, 0.2) is 0 Å². The van der Waals surface area contributed by atoms with E-state index in [0.717, 1.165) is 36.7 Å². The number of nitrogens with zero attached hydrogens (tertiary/aromatic N) is 2. The number of hydrogen-bond acceptors (Lipinski definition) is 3. The van der Waals surface area contributed by atoms with Gasteiger partial charge in [-0.2, -0.15) is 0 Å². The fourth-order valence-electron chi connectivity index (χ4n) is 1.70. The van der Waals surface area contributed by atoms with Gasteiger partial charge in [0.05, 0.1) is 16.2 Å². The predicted octanol–water partition coefficient (Wildman–Crippen LogP) is 2.87. The van der Waals surface area contributed by atoms with E-state index >= 15 is 0 Å². The fourth-order valence-corrected chi connectivity index (χ4v) is 2.26. The molecule has 0 saturated carbocycles. The van der Waals surface area contributed by atoms with Crippen LogP contribution < -0.4 is 0 Å². The van der Waals surface area contributed by atoms with E-state index in [1.165, 1.54) is 5.57 Å². The molecule has 2 aliphatic heterocycles. The zero-order valence-electron chi connectivity index (χ0n) is 8.66. The Balaban J connectivity index is 2.37. The molecule has 0 aliphatic carbocycles. The Kier molecular flexibility index (Phi) is 3.23. The molecule has 0 aromatic carbocycles. The third-order valence-corrected chi connectivity index (χ3v) is 3.18. The van der Waals surface area contributed by atoms with E-state index in [4.69, 9.17) is 4.74 Å². The topological polar surface area (TPSA) is 34.0 Å². The number of aliphatic imine (C=N–C) groups is 2. The monoisotopic (exact) mass is 316 g/mol. The minimum Gasteiger partial charge on any atom is -0.497 e. The van der Waals surface area contributed by atoms with E-state index in [0.29, 0.717) is 3.92 Å². The summed E-state index contributed by atoms with van der Waals surface area (Å²) in [6.07, 6.45) is 3.74. The minimum absolute atomic E-state index is 0.363. The van der Waals surface area contributed by atoms with E-state index in [9.17, 15) is 0 Å². The Morgan fingerprint density at radius 2 is 2.40 bits per heavy atom. The molecule has 0 fully saturated rings. The van der Waals surface area contributed by atoms with Gasteiger partial charge in [-0.1, -0.05) is 29.2 Å². The molecule has 1 atom stereocenters. The number of allylic oxidation sites excluding steroid dienone is 2. The summed E-state index contributed by atoms with van der Waals surface area (Å²) in [5.41, 5.74) is 1.98. The molecule has 15 heavy (non-hydrogen) atoms. The average Bonchev–Trinajstić information content (AvgIpc) is 2.62. The van der Waals surface area contributed by atoms with Crippen molar-refractivity contribution < 1.29 is 4.74 Å². The summed E-state index contributed by atoms with van der Waals surface area (Å²) in [5.74, 6) is 1.81. The Bertz CT molecular complexity index is 382. The van der Waals surface area contributed by atoms with Crippen LogP contribution in [-0.4, -0.2) is 22.6 Å². The number of hydrogen-bond donors (Lipinski definition) is 0. The summed E-state index contributed by atoms with van der Waals surface area (Å²) in [5, 5.41) is 0. The van der Waals surface area contributed by atoms with Gasteiger partial charge in [0.1, 0.15) is 11.6 Å². The number of rotatable bonds is 0. The van der Waals surface area contributed by atoms with Gasteiger partial charge < -0.3 is 4.74 Å². The van der Waals surface area contributed by atoms with Gasteiger partial charge in [-0.25, -0.2) is 9.98 Å². The van der Waals surface area contributed by atoms with Crippen LogP contribution in [0.1, 0.15) is 19.8 Å². The van der Waals surface area contributed by atoms with E-state index in [2.05, 4.69) is 39.2 Å². The van der Waals surface area contributed by atoms with Gasteiger partial charge in [0.25, 0.3) is 0 Å². The molecule has 2 rings (SSSR count). The summed E-state index contributed by atoms with van der Waals surface area (Å²) >= 11 is 2.36. The molecular formula is C11H13IN2O. The summed E-state index contributed by atoms with van der Waals surface area (Å²) in [6, 6.07) is 0. The third kappa shape index (κ3) is 2.48. The maximum Gasteiger partial charge on any atom is 0.125 e. The number of alkyl halides is 1. The van der Waals surface area contributed by atoms with Gasteiger partial charge >= 0.3 is 0 Å². The maximum absolute atomic E-state index is 5.61. The van der Waals surface area contributed by atoms with E-state index < -0.39 is 0 Å². The third-order valence-electron chi connectivity index (χ3n) is 2.41. The molecule has 0 unspecified atom stereocenters. The van der Waals surface area contributed by atoms with Crippen molar-refractivity contribution >= 4 is 34.6 Å². The smallest absolute Gasteiger partial charge is 0.125 e. The Labute approximate surface area is 103 Å². The van der Waals surface area contributed by atoms with Crippen LogP contribution >= 0.6 is 22.6 Å². The van der Waals surface area contributed by atoms with Crippen molar-refractivity contribution in [2.24, 2.45) is 9.98 Å². The van der Waals surface area contributed by atoms with Crippen molar-refractivity contribution in [2.75, 3.05) is 6.61 Å². The predicted molar refractivity (Wildman–Crippen MR) is 70.8 cm³/mol. The molecular weight excluding hydrogens is 303 g/mol. The highest BCUT2D eigenvalue weighted by atomic mass is 127. The number of ether oxygens (including phenoxy) is 1. The quantitative estimate of drug-likeness (QED) is 0.500. The first-order valence-corrected chi connectivity index (χ1v) is 6.19. The molecule has 80 valence electrons. The second-order valence-electron chi connectivity index (χ2n) is 3.60. The first-order valence-electron chi connectivity index (χ1n) is 4.94. The van der Waals surface area contributed by atoms with Gasteiger partial charge in [-0.15, -0.1) is 0 Å². The second-order valence-corrected chi connectivity index (χ2v) is 5.20. The second kappa shape index (κ2) is 4.47. The normalized spacial score (nSPS) is 26.4. The molecule has 0 spiro atoms. The zero-order chi connectivity index (χ0) is 10.8. The lowest BCUT2D eigenvalue weighted by atomic mass is 10.1. The summed E-state index contributed by atoms with van der Waals surface area (Å²) in [7, 11) is 0. The highest BCUT2D eigenvalue weighted by molar-refractivity contribution is 14.1. The molecule has 0 saturated heterocycles. The van der Waals surface area contributed by atoms with E-state index in [1.54, 1.807) is 0 Å². The Morgan fingerprint density at radius 1 is 1.60 bits per heavy atom. The summed E-state index contributed by atoms with van der Waals surface area (Å²) < 4.78 is 5.97. The van der Waals surface area contributed by atoms with Crippen LogP contribution in [0.4, 0.5) is 0 Å². The van der Waals surface area contributed by atoms with Crippen LogP contribution in [-0.2, 0) is 4.74 Å². The molecule has 0 aromatic heterocycles. The van der Waals surface area contributed by atoms with Crippen molar-refractivity contribution in [3.05, 3.63) is 23.6 Å². The SMILES string of the molecule is C=C1N=C(C)N=C[C@@H](I)CC2=C1CCO2. The highest BCUT2D eigenvalue weighted by Gasteiger charge is 2.21. The molecule has 4 heteroatoms. The lowest BCUT2D eigenvalue weighted by molar-refractivity contribution is 0.236. The van der Waals surface area contributed by atoms with Crippen LogP contribution in [0.2, 0.25) is 0 Å².